The third-order valence-corrected chi connectivity index (χ3v) is 3.16. The lowest BCUT2D eigenvalue weighted by Gasteiger charge is -2.08. The Morgan fingerprint density at radius 1 is 1.39 bits per heavy atom. The topological polar surface area (TPSA) is 59.8 Å². The maximum absolute atomic E-state index is 12.6. The van der Waals surface area contributed by atoms with Crippen LogP contribution in [0.2, 0.25) is 0 Å². The predicted octanol–water partition coefficient (Wildman–Crippen LogP) is 2.68. The highest BCUT2D eigenvalue weighted by Gasteiger charge is 2.30. The summed E-state index contributed by atoms with van der Waals surface area (Å²) in [6.45, 7) is 2.93. The number of pyridine rings is 1. The van der Waals surface area contributed by atoms with Crippen LogP contribution >= 0.6 is 0 Å². The summed E-state index contributed by atoms with van der Waals surface area (Å²) in [7, 11) is 0. The average Bonchev–Trinajstić information content (AvgIpc) is 2.96. The van der Waals surface area contributed by atoms with Gasteiger partial charge in [-0.05, 0) is 18.6 Å². The molecule has 0 bridgehead atoms. The number of alkyl halides is 3. The predicted molar refractivity (Wildman–Crippen MR) is 77.8 cm³/mol. The van der Waals surface area contributed by atoms with E-state index in [1.165, 1.54) is 6.20 Å². The maximum Gasteiger partial charge on any atom is 0.416 e. The molecule has 2 heterocycles. The van der Waals surface area contributed by atoms with Crippen molar-refractivity contribution in [3.8, 4) is 0 Å². The first-order chi connectivity index (χ1) is 10.9. The fraction of sp³-hybridized carbons (Fsp3) is 0.400. The molecular weight excluding hydrogens is 309 g/mol. The van der Waals surface area contributed by atoms with Crippen LogP contribution in [0.3, 0.4) is 0 Å². The van der Waals surface area contributed by atoms with E-state index in [9.17, 15) is 18.0 Å². The minimum atomic E-state index is -4.39. The Morgan fingerprint density at radius 3 is 2.87 bits per heavy atom. The molecule has 0 unspecified atom stereocenters. The van der Waals surface area contributed by atoms with Crippen LogP contribution in [0, 0.1) is 0 Å². The zero-order valence-electron chi connectivity index (χ0n) is 12.6. The largest absolute Gasteiger partial charge is 0.416 e. The summed E-state index contributed by atoms with van der Waals surface area (Å²) < 4.78 is 39.5. The molecule has 2 aromatic heterocycles. The molecule has 0 saturated heterocycles. The maximum atomic E-state index is 12.6. The number of amides is 1. The normalized spacial score (nSPS) is 11.5. The minimum Gasteiger partial charge on any atom is -0.352 e. The van der Waals surface area contributed by atoms with Gasteiger partial charge in [-0.2, -0.15) is 18.3 Å². The van der Waals surface area contributed by atoms with Gasteiger partial charge in [0.1, 0.15) is 0 Å². The highest BCUT2D eigenvalue weighted by Crippen LogP contribution is 2.28. The van der Waals surface area contributed by atoms with Gasteiger partial charge in [0.05, 0.1) is 17.3 Å². The van der Waals surface area contributed by atoms with Crippen molar-refractivity contribution in [1.82, 2.24) is 20.1 Å². The highest BCUT2D eigenvalue weighted by atomic mass is 19.4. The van der Waals surface area contributed by atoms with Crippen molar-refractivity contribution in [1.29, 1.82) is 0 Å². The first kappa shape index (κ1) is 17.0. The Morgan fingerprint density at radius 2 is 2.17 bits per heavy atom. The Hall–Kier alpha value is -2.38. The molecule has 0 aliphatic carbocycles. The summed E-state index contributed by atoms with van der Waals surface area (Å²) in [5, 5.41) is 6.70. The number of carbonyl (C=O) groups is 1. The van der Waals surface area contributed by atoms with E-state index in [4.69, 9.17) is 0 Å². The van der Waals surface area contributed by atoms with E-state index in [2.05, 4.69) is 15.4 Å². The smallest absolute Gasteiger partial charge is 0.352 e. The van der Waals surface area contributed by atoms with Crippen molar-refractivity contribution in [2.75, 3.05) is 6.54 Å². The molecule has 23 heavy (non-hydrogen) atoms. The van der Waals surface area contributed by atoms with E-state index in [1.54, 1.807) is 10.9 Å². The molecule has 0 spiro atoms. The Bertz CT molecular complexity index is 667. The molecule has 0 aromatic carbocycles. The molecule has 0 aliphatic rings. The summed E-state index contributed by atoms with van der Waals surface area (Å²) in [4.78, 5) is 15.8. The van der Waals surface area contributed by atoms with Gasteiger partial charge in [-0.25, -0.2) is 0 Å². The highest BCUT2D eigenvalue weighted by molar-refractivity contribution is 5.93. The van der Waals surface area contributed by atoms with Crippen LogP contribution in [0.15, 0.2) is 30.7 Å². The van der Waals surface area contributed by atoms with Crippen LogP contribution < -0.4 is 5.32 Å². The number of nitrogens with zero attached hydrogens (tertiary/aromatic N) is 3. The van der Waals surface area contributed by atoms with Gasteiger partial charge in [0.2, 0.25) is 0 Å². The summed E-state index contributed by atoms with van der Waals surface area (Å²) in [5.74, 6) is -0.306. The fourth-order valence-corrected chi connectivity index (χ4v) is 2.03. The second kappa shape index (κ2) is 7.26. The minimum absolute atomic E-state index is 0.200. The molecule has 2 aromatic rings. The van der Waals surface area contributed by atoms with Gasteiger partial charge < -0.3 is 5.32 Å². The molecule has 124 valence electrons. The third-order valence-electron chi connectivity index (χ3n) is 3.16. The summed E-state index contributed by atoms with van der Waals surface area (Å²) in [5.41, 5.74) is -0.0353. The van der Waals surface area contributed by atoms with Gasteiger partial charge in [-0.3, -0.25) is 14.5 Å². The van der Waals surface area contributed by atoms with Gasteiger partial charge in [0.15, 0.2) is 0 Å². The van der Waals surface area contributed by atoms with Crippen LogP contribution in [-0.2, 0) is 19.1 Å². The molecule has 0 fully saturated rings. The second-order valence-corrected chi connectivity index (χ2v) is 5.03. The lowest BCUT2D eigenvalue weighted by Crippen LogP contribution is -2.25. The van der Waals surface area contributed by atoms with E-state index in [0.717, 1.165) is 31.3 Å². The summed E-state index contributed by atoms with van der Waals surface area (Å²) in [6, 6.07) is 1.91. The van der Waals surface area contributed by atoms with Gasteiger partial charge in [-0.15, -0.1) is 0 Å². The number of halogens is 3. The van der Waals surface area contributed by atoms with Crippen molar-refractivity contribution in [3.63, 3.8) is 0 Å². The van der Waals surface area contributed by atoms with Crippen molar-refractivity contribution >= 4 is 5.91 Å². The first-order valence-electron chi connectivity index (χ1n) is 7.23. The molecule has 1 N–H and O–H groups in total. The molecular formula is C15H17F3N4O. The number of rotatable bonds is 6. The van der Waals surface area contributed by atoms with Crippen LogP contribution in [0.1, 0.15) is 35.0 Å². The number of aromatic nitrogens is 3. The zero-order chi connectivity index (χ0) is 16.9. The molecule has 8 heteroatoms. The quantitative estimate of drug-likeness (QED) is 0.888. The molecule has 0 radical (unpaired) electrons. The number of carbonyl (C=O) groups excluding carboxylic acids is 1. The SMILES string of the molecule is CCCn1cc(C(=O)NCCc2cc(C(F)(F)F)ccn2)cn1. The summed E-state index contributed by atoms with van der Waals surface area (Å²) >= 11 is 0. The van der Waals surface area contributed by atoms with Crippen molar-refractivity contribution < 1.29 is 18.0 Å². The number of hydrogen-bond donors (Lipinski definition) is 1. The second-order valence-electron chi connectivity index (χ2n) is 5.03. The molecule has 0 aliphatic heterocycles. The van der Waals surface area contributed by atoms with E-state index in [-0.39, 0.29) is 24.6 Å². The third kappa shape index (κ3) is 4.80. The van der Waals surface area contributed by atoms with Crippen molar-refractivity contribution in [2.24, 2.45) is 0 Å². The van der Waals surface area contributed by atoms with Gasteiger partial charge in [0, 0.05) is 37.6 Å². The van der Waals surface area contributed by atoms with E-state index in [1.807, 2.05) is 6.92 Å². The average molecular weight is 326 g/mol. The Labute approximate surface area is 131 Å². The van der Waals surface area contributed by atoms with E-state index in [0.29, 0.717) is 5.56 Å². The number of hydrogen-bond acceptors (Lipinski definition) is 3. The van der Waals surface area contributed by atoms with Crippen molar-refractivity contribution in [2.45, 2.75) is 32.5 Å². The Balaban J connectivity index is 1.88. The fourth-order valence-electron chi connectivity index (χ4n) is 2.03. The lowest BCUT2D eigenvalue weighted by molar-refractivity contribution is -0.137. The number of aryl methyl sites for hydroxylation is 1. The van der Waals surface area contributed by atoms with Crippen LogP contribution in [-0.4, -0.2) is 27.2 Å². The summed E-state index contributed by atoms with van der Waals surface area (Å²) in [6.07, 6.45) is 0.959. The molecule has 5 nitrogen and oxygen atoms in total. The monoisotopic (exact) mass is 326 g/mol. The zero-order valence-corrected chi connectivity index (χ0v) is 12.6. The van der Waals surface area contributed by atoms with E-state index >= 15 is 0 Å². The Kier molecular flexibility index (Phi) is 5.36. The van der Waals surface area contributed by atoms with Crippen LogP contribution in [0.5, 0.6) is 0 Å². The van der Waals surface area contributed by atoms with Crippen molar-refractivity contribution in [3.05, 3.63) is 47.5 Å². The van der Waals surface area contributed by atoms with Crippen LogP contribution in [0.25, 0.3) is 0 Å². The van der Waals surface area contributed by atoms with Gasteiger partial charge in [0.25, 0.3) is 5.91 Å². The molecule has 1 amide bonds. The molecule has 0 saturated carbocycles. The first-order valence-corrected chi connectivity index (χ1v) is 7.23. The molecule has 2 rings (SSSR count). The van der Waals surface area contributed by atoms with Gasteiger partial charge in [-0.1, -0.05) is 6.92 Å². The lowest BCUT2D eigenvalue weighted by atomic mass is 10.2. The number of nitrogens with one attached hydrogen (secondary N) is 1. The van der Waals surface area contributed by atoms with E-state index < -0.39 is 11.7 Å². The van der Waals surface area contributed by atoms with Crippen LogP contribution in [0.4, 0.5) is 13.2 Å². The molecule has 0 atom stereocenters. The van der Waals surface area contributed by atoms with Gasteiger partial charge >= 0.3 is 6.18 Å². The standard InChI is InChI=1S/C15H17F3N4O/c1-2-7-22-10-11(9-21-22)14(23)20-6-4-13-8-12(3-5-19-13)15(16,17)18/h3,5,8-10H,2,4,6-7H2,1H3,(H,20,23).